The summed E-state index contributed by atoms with van der Waals surface area (Å²) in [4.78, 5) is 9.05. The Morgan fingerprint density at radius 1 is 1.32 bits per heavy atom. The van der Waals surface area contributed by atoms with Crippen molar-refractivity contribution in [2.75, 3.05) is 6.61 Å². The maximum Gasteiger partial charge on any atom is 0.160 e. The van der Waals surface area contributed by atoms with Gasteiger partial charge in [0.2, 0.25) is 0 Å². The molecule has 1 aromatic rings. The van der Waals surface area contributed by atoms with Crippen LogP contribution in [0, 0.1) is 5.92 Å². The lowest BCUT2D eigenvalue weighted by Gasteiger charge is -2.14. The van der Waals surface area contributed by atoms with Gasteiger partial charge in [-0.1, -0.05) is 27.7 Å². The van der Waals surface area contributed by atoms with E-state index < -0.39 is 0 Å². The Morgan fingerprint density at radius 2 is 2.05 bits per heavy atom. The van der Waals surface area contributed by atoms with Crippen molar-refractivity contribution in [1.29, 1.82) is 0 Å². The first-order valence-electron chi connectivity index (χ1n) is 7.28. The van der Waals surface area contributed by atoms with Gasteiger partial charge in [-0.05, 0) is 18.8 Å². The van der Waals surface area contributed by atoms with Crippen molar-refractivity contribution in [3.05, 3.63) is 17.7 Å². The van der Waals surface area contributed by atoms with Crippen molar-refractivity contribution in [3.8, 4) is 5.75 Å². The fourth-order valence-electron chi connectivity index (χ4n) is 1.73. The standard InChI is InChI=1S/C15H25N3O/c1-10(2)9-19-14-8-17-15(11(3)4)18-13(14)7-16-12-5-6-12/h8,10-12,16H,5-7,9H2,1-4H3. The van der Waals surface area contributed by atoms with E-state index in [2.05, 4.69) is 43.0 Å². The van der Waals surface area contributed by atoms with Crippen molar-refractivity contribution in [3.63, 3.8) is 0 Å². The average Bonchev–Trinajstić information content (AvgIpc) is 3.18. The van der Waals surface area contributed by atoms with E-state index in [1.54, 1.807) is 0 Å². The predicted octanol–water partition coefficient (Wildman–Crippen LogP) is 2.89. The van der Waals surface area contributed by atoms with E-state index in [-0.39, 0.29) is 0 Å². The van der Waals surface area contributed by atoms with Crippen LogP contribution >= 0.6 is 0 Å². The lowest BCUT2D eigenvalue weighted by Crippen LogP contribution is -2.19. The van der Waals surface area contributed by atoms with Crippen molar-refractivity contribution in [2.45, 2.75) is 59.0 Å². The normalized spacial score (nSPS) is 15.3. The van der Waals surface area contributed by atoms with Gasteiger partial charge < -0.3 is 10.1 Å². The monoisotopic (exact) mass is 263 g/mol. The minimum absolute atomic E-state index is 0.346. The molecule has 4 nitrogen and oxygen atoms in total. The summed E-state index contributed by atoms with van der Waals surface area (Å²) >= 11 is 0. The van der Waals surface area contributed by atoms with E-state index in [1.807, 2.05) is 6.20 Å². The second-order valence-electron chi connectivity index (χ2n) is 6.05. The Morgan fingerprint density at radius 3 is 2.63 bits per heavy atom. The van der Waals surface area contributed by atoms with Gasteiger partial charge in [0.05, 0.1) is 18.5 Å². The summed E-state index contributed by atoms with van der Waals surface area (Å²) in [5, 5.41) is 3.50. The van der Waals surface area contributed by atoms with E-state index >= 15 is 0 Å². The highest BCUT2D eigenvalue weighted by atomic mass is 16.5. The molecule has 1 N–H and O–H groups in total. The molecule has 1 aliphatic carbocycles. The zero-order valence-electron chi connectivity index (χ0n) is 12.4. The molecular formula is C15H25N3O. The number of nitrogens with one attached hydrogen (secondary N) is 1. The maximum absolute atomic E-state index is 5.82. The van der Waals surface area contributed by atoms with Crippen LogP contribution in [0.25, 0.3) is 0 Å². The van der Waals surface area contributed by atoms with Crippen LogP contribution in [0.1, 0.15) is 58.0 Å². The molecule has 0 amide bonds. The third-order valence-electron chi connectivity index (χ3n) is 3.07. The number of ether oxygens (including phenoxy) is 1. The molecule has 4 heteroatoms. The van der Waals surface area contributed by atoms with Crippen molar-refractivity contribution >= 4 is 0 Å². The van der Waals surface area contributed by atoms with Crippen molar-refractivity contribution < 1.29 is 4.74 Å². The molecule has 2 rings (SSSR count). The van der Waals surface area contributed by atoms with E-state index in [9.17, 15) is 0 Å². The lowest BCUT2D eigenvalue weighted by atomic mass is 10.2. The number of nitrogens with zero attached hydrogens (tertiary/aromatic N) is 2. The molecule has 0 saturated heterocycles. The summed E-state index contributed by atoms with van der Waals surface area (Å²) in [6.07, 6.45) is 4.39. The molecule has 0 aliphatic heterocycles. The molecule has 0 unspecified atom stereocenters. The average molecular weight is 263 g/mol. The first-order chi connectivity index (χ1) is 9.06. The minimum atomic E-state index is 0.346. The molecular weight excluding hydrogens is 238 g/mol. The molecule has 106 valence electrons. The van der Waals surface area contributed by atoms with E-state index in [0.717, 1.165) is 23.8 Å². The molecule has 1 fully saturated rings. The highest BCUT2D eigenvalue weighted by Gasteiger charge is 2.21. The van der Waals surface area contributed by atoms with Crippen LogP contribution in [0.15, 0.2) is 6.20 Å². The molecule has 0 radical (unpaired) electrons. The summed E-state index contributed by atoms with van der Waals surface area (Å²) in [5.41, 5.74) is 0.992. The maximum atomic E-state index is 5.82. The Bertz CT molecular complexity index is 414. The van der Waals surface area contributed by atoms with Gasteiger partial charge in [0.1, 0.15) is 5.82 Å². The van der Waals surface area contributed by atoms with Gasteiger partial charge in [0, 0.05) is 18.5 Å². The first-order valence-corrected chi connectivity index (χ1v) is 7.28. The van der Waals surface area contributed by atoms with Gasteiger partial charge in [-0.3, -0.25) is 0 Å². The van der Waals surface area contributed by atoms with Crippen molar-refractivity contribution in [2.24, 2.45) is 5.92 Å². The number of hydrogen-bond acceptors (Lipinski definition) is 4. The van der Waals surface area contributed by atoms with Gasteiger partial charge in [-0.15, -0.1) is 0 Å². The summed E-state index contributed by atoms with van der Waals surface area (Å²) in [6.45, 7) is 10.0. The van der Waals surface area contributed by atoms with Gasteiger partial charge in [0.25, 0.3) is 0 Å². The molecule has 0 aromatic carbocycles. The molecule has 0 atom stereocenters. The van der Waals surface area contributed by atoms with E-state index in [1.165, 1.54) is 12.8 Å². The summed E-state index contributed by atoms with van der Waals surface area (Å²) in [6, 6.07) is 0.676. The van der Waals surface area contributed by atoms with Crippen LogP contribution in [0.4, 0.5) is 0 Å². The van der Waals surface area contributed by atoms with Gasteiger partial charge in [0.15, 0.2) is 5.75 Å². The highest BCUT2D eigenvalue weighted by Crippen LogP contribution is 2.22. The van der Waals surface area contributed by atoms with E-state index in [0.29, 0.717) is 24.5 Å². The third kappa shape index (κ3) is 4.46. The Balaban J connectivity index is 2.08. The summed E-state index contributed by atoms with van der Waals surface area (Å²) in [7, 11) is 0. The quantitative estimate of drug-likeness (QED) is 0.821. The molecule has 0 spiro atoms. The van der Waals surface area contributed by atoms with Crippen LogP contribution in [0.5, 0.6) is 5.75 Å². The lowest BCUT2D eigenvalue weighted by molar-refractivity contribution is 0.265. The predicted molar refractivity (Wildman–Crippen MR) is 76.3 cm³/mol. The van der Waals surface area contributed by atoms with Crippen LogP contribution in [0.2, 0.25) is 0 Å². The zero-order chi connectivity index (χ0) is 13.8. The summed E-state index contributed by atoms with van der Waals surface area (Å²) in [5.74, 6) is 2.57. The SMILES string of the molecule is CC(C)COc1cnc(C(C)C)nc1CNC1CC1. The first kappa shape index (κ1) is 14.3. The van der Waals surface area contributed by atoms with Crippen LogP contribution in [-0.4, -0.2) is 22.6 Å². The van der Waals surface area contributed by atoms with Gasteiger partial charge in [-0.25, -0.2) is 9.97 Å². The van der Waals surface area contributed by atoms with Gasteiger partial charge in [-0.2, -0.15) is 0 Å². The fraction of sp³-hybridized carbons (Fsp3) is 0.733. The van der Waals surface area contributed by atoms with Crippen LogP contribution in [0.3, 0.4) is 0 Å². The Hall–Kier alpha value is -1.16. The van der Waals surface area contributed by atoms with Crippen LogP contribution in [-0.2, 0) is 6.54 Å². The van der Waals surface area contributed by atoms with Crippen molar-refractivity contribution in [1.82, 2.24) is 15.3 Å². The smallest absolute Gasteiger partial charge is 0.160 e. The molecule has 0 bridgehead atoms. The van der Waals surface area contributed by atoms with Gasteiger partial charge >= 0.3 is 0 Å². The molecule has 1 aliphatic rings. The highest BCUT2D eigenvalue weighted by molar-refractivity contribution is 5.25. The largest absolute Gasteiger partial charge is 0.490 e. The second kappa shape index (κ2) is 6.33. The molecule has 1 heterocycles. The number of hydrogen-bond donors (Lipinski definition) is 1. The third-order valence-corrected chi connectivity index (χ3v) is 3.07. The second-order valence-corrected chi connectivity index (χ2v) is 6.05. The van der Waals surface area contributed by atoms with Crippen LogP contribution < -0.4 is 10.1 Å². The fourth-order valence-corrected chi connectivity index (χ4v) is 1.73. The number of aromatic nitrogens is 2. The topological polar surface area (TPSA) is 47.0 Å². The Labute approximate surface area is 116 Å². The number of rotatable bonds is 7. The molecule has 19 heavy (non-hydrogen) atoms. The Kier molecular flexibility index (Phi) is 4.75. The molecule has 1 saturated carbocycles. The zero-order valence-corrected chi connectivity index (χ0v) is 12.4. The minimum Gasteiger partial charge on any atom is -0.490 e. The van der Waals surface area contributed by atoms with E-state index in [4.69, 9.17) is 4.74 Å². The molecule has 1 aromatic heterocycles. The summed E-state index contributed by atoms with van der Waals surface area (Å²) < 4.78 is 5.82.